The number of thioether (sulfide) groups is 1. The highest BCUT2D eigenvalue weighted by molar-refractivity contribution is 8.27. The molecule has 1 saturated heterocycles. The molecule has 0 bridgehead atoms. The third-order valence-electron chi connectivity index (χ3n) is 5.18. The van der Waals surface area contributed by atoms with Gasteiger partial charge in [0.2, 0.25) is 0 Å². The number of hydrogen-bond acceptors (Lipinski definition) is 7. The van der Waals surface area contributed by atoms with E-state index in [-0.39, 0.29) is 18.4 Å². The van der Waals surface area contributed by atoms with Gasteiger partial charge in [-0.2, -0.15) is 0 Å². The Morgan fingerprint density at radius 2 is 1.81 bits per heavy atom. The summed E-state index contributed by atoms with van der Waals surface area (Å²) in [5.74, 6) is 0.831. The summed E-state index contributed by atoms with van der Waals surface area (Å²) >= 11 is 12.6. The second kappa shape index (κ2) is 12.1. The molecule has 37 heavy (non-hydrogen) atoms. The fourth-order valence-corrected chi connectivity index (χ4v) is 4.93. The maximum atomic E-state index is 13.0. The second-order valence-electron chi connectivity index (χ2n) is 7.67. The first-order valence-corrected chi connectivity index (χ1v) is 12.9. The highest BCUT2D eigenvalue weighted by Crippen LogP contribution is 2.37. The molecule has 0 radical (unpaired) electrons. The van der Waals surface area contributed by atoms with E-state index in [2.05, 4.69) is 5.32 Å². The van der Waals surface area contributed by atoms with Crippen LogP contribution in [0.25, 0.3) is 6.08 Å². The number of benzene rings is 3. The van der Waals surface area contributed by atoms with Crippen molar-refractivity contribution >= 4 is 69.2 Å². The largest absolute Gasteiger partial charge is 0.493 e. The van der Waals surface area contributed by atoms with Crippen LogP contribution in [0.2, 0.25) is 5.02 Å². The molecule has 10 heteroatoms. The van der Waals surface area contributed by atoms with Crippen molar-refractivity contribution in [2.45, 2.75) is 6.92 Å². The Labute approximate surface area is 229 Å². The summed E-state index contributed by atoms with van der Waals surface area (Å²) in [6.07, 6.45) is 1.74. The van der Waals surface area contributed by atoms with Crippen LogP contribution >= 0.6 is 35.6 Å². The number of amides is 2. The van der Waals surface area contributed by atoms with Crippen LogP contribution in [0.4, 0.5) is 11.4 Å². The van der Waals surface area contributed by atoms with E-state index in [9.17, 15) is 9.59 Å². The van der Waals surface area contributed by atoms with E-state index >= 15 is 0 Å². The first-order chi connectivity index (χ1) is 17.9. The van der Waals surface area contributed by atoms with Gasteiger partial charge in [-0.1, -0.05) is 53.8 Å². The normalized spacial score (nSPS) is 14.1. The lowest BCUT2D eigenvalue weighted by atomic mass is 10.2. The number of carbonyl (C=O) groups excluding carboxylic acids is 2. The number of nitrogens with zero attached hydrogens (tertiary/aromatic N) is 1. The number of nitrogens with one attached hydrogen (secondary N) is 1. The fraction of sp³-hybridized carbons (Fsp3) is 0.148. The molecule has 0 aromatic heterocycles. The molecule has 3 aromatic rings. The molecule has 2 amide bonds. The van der Waals surface area contributed by atoms with Crippen LogP contribution in [0.3, 0.4) is 0 Å². The Bertz CT molecular complexity index is 1360. The molecule has 7 nitrogen and oxygen atoms in total. The predicted octanol–water partition coefficient (Wildman–Crippen LogP) is 6.17. The van der Waals surface area contributed by atoms with E-state index < -0.39 is 0 Å². The third kappa shape index (κ3) is 6.43. The number of hydrogen-bond donors (Lipinski definition) is 1. The van der Waals surface area contributed by atoms with E-state index in [1.54, 1.807) is 60.7 Å². The van der Waals surface area contributed by atoms with Crippen LogP contribution < -0.4 is 24.4 Å². The molecule has 3 aromatic carbocycles. The lowest BCUT2D eigenvalue weighted by Crippen LogP contribution is -2.27. The Morgan fingerprint density at radius 3 is 2.54 bits per heavy atom. The fourth-order valence-electron chi connectivity index (χ4n) is 3.51. The Hall–Kier alpha value is -3.53. The molecule has 190 valence electrons. The average molecular weight is 555 g/mol. The van der Waals surface area contributed by atoms with E-state index in [0.29, 0.717) is 49.5 Å². The molecule has 0 atom stereocenters. The molecule has 4 rings (SSSR count). The van der Waals surface area contributed by atoms with Gasteiger partial charge in [-0.05, 0) is 67.1 Å². The zero-order valence-corrected chi connectivity index (χ0v) is 22.4. The number of para-hydroxylation sites is 2. The molecule has 0 saturated carbocycles. The average Bonchev–Trinajstić information content (AvgIpc) is 3.17. The van der Waals surface area contributed by atoms with E-state index in [0.717, 1.165) is 5.56 Å². The predicted molar refractivity (Wildman–Crippen MR) is 152 cm³/mol. The number of rotatable bonds is 9. The Kier molecular flexibility index (Phi) is 8.70. The molecule has 0 spiro atoms. The number of anilines is 2. The topological polar surface area (TPSA) is 77.1 Å². The Balaban J connectivity index is 1.44. The van der Waals surface area contributed by atoms with Crippen molar-refractivity contribution in [1.29, 1.82) is 0 Å². The van der Waals surface area contributed by atoms with Crippen LogP contribution in [-0.4, -0.2) is 36.5 Å². The van der Waals surface area contributed by atoms with E-state index in [1.807, 2.05) is 19.1 Å². The van der Waals surface area contributed by atoms with Gasteiger partial charge in [0, 0.05) is 5.02 Å². The summed E-state index contributed by atoms with van der Waals surface area (Å²) in [5.41, 5.74) is 1.94. The molecular formula is C27H23ClN2O5S2. The van der Waals surface area contributed by atoms with Crippen LogP contribution in [0.5, 0.6) is 17.2 Å². The highest BCUT2D eigenvalue weighted by atomic mass is 35.5. The molecular weight excluding hydrogens is 532 g/mol. The summed E-state index contributed by atoms with van der Waals surface area (Å²) in [6.45, 7) is 2.13. The summed E-state index contributed by atoms with van der Waals surface area (Å²) in [4.78, 5) is 27.4. The maximum absolute atomic E-state index is 13.0. The van der Waals surface area contributed by atoms with Gasteiger partial charge in [0.05, 0.1) is 30.0 Å². The molecule has 1 fully saturated rings. The van der Waals surface area contributed by atoms with Crippen LogP contribution in [-0.2, 0) is 9.59 Å². The second-order valence-corrected chi connectivity index (χ2v) is 9.78. The van der Waals surface area contributed by atoms with Gasteiger partial charge in [0.1, 0.15) is 5.75 Å². The summed E-state index contributed by atoms with van der Waals surface area (Å²) in [6, 6.07) is 19.3. The zero-order chi connectivity index (χ0) is 26.4. The molecule has 1 aliphatic rings. The van der Waals surface area contributed by atoms with Crippen LogP contribution in [0, 0.1) is 0 Å². The minimum atomic E-state index is -0.343. The van der Waals surface area contributed by atoms with E-state index in [4.69, 9.17) is 38.0 Å². The van der Waals surface area contributed by atoms with Gasteiger partial charge >= 0.3 is 0 Å². The van der Waals surface area contributed by atoms with Crippen molar-refractivity contribution in [1.82, 2.24) is 0 Å². The van der Waals surface area contributed by atoms with Crippen LogP contribution in [0.1, 0.15) is 12.5 Å². The smallest absolute Gasteiger partial charge is 0.270 e. The van der Waals surface area contributed by atoms with Crippen molar-refractivity contribution in [2.24, 2.45) is 0 Å². The first kappa shape index (κ1) is 26.5. The lowest BCUT2D eigenvalue weighted by molar-refractivity contribution is -0.118. The van der Waals surface area contributed by atoms with Gasteiger partial charge in [-0.3, -0.25) is 14.5 Å². The standard InChI is InChI=1S/C27H23ClN2O5S2/c1-3-34-21-7-5-4-6-20(21)29-25(31)16-35-22-13-8-17(14-23(22)33-2)15-24-26(32)30(27(36)37-24)19-11-9-18(28)10-12-19/h4-15H,3,16H2,1-2H3,(H,29,31)/b24-15-. The quantitative estimate of drug-likeness (QED) is 0.250. The molecule has 1 aliphatic heterocycles. The number of ether oxygens (including phenoxy) is 3. The van der Waals surface area contributed by atoms with Gasteiger partial charge in [-0.15, -0.1) is 0 Å². The monoisotopic (exact) mass is 554 g/mol. The maximum Gasteiger partial charge on any atom is 0.270 e. The van der Waals surface area contributed by atoms with E-state index in [1.165, 1.54) is 23.8 Å². The molecule has 1 heterocycles. The van der Waals surface area contributed by atoms with Crippen molar-refractivity contribution in [2.75, 3.05) is 30.5 Å². The summed E-state index contributed by atoms with van der Waals surface area (Å²) in [7, 11) is 1.50. The number of methoxy groups -OCH3 is 1. The lowest BCUT2D eigenvalue weighted by Gasteiger charge is -2.14. The van der Waals surface area contributed by atoms with Gasteiger partial charge < -0.3 is 19.5 Å². The third-order valence-corrected chi connectivity index (χ3v) is 6.74. The van der Waals surface area contributed by atoms with Gasteiger partial charge in [-0.25, -0.2) is 0 Å². The summed E-state index contributed by atoms with van der Waals surface area (Å²) in [5, 5.41) is 3.36. The Morgan fingerprint density at radius 1 is 1.05 bits per heavy atom. The van der Waals surface area contributed by atoms with Crippen molar-refractivity contribution in [3.8, 4) is 17.2 Å². The molecule has 0 aliphatic carbocycles. The zero-order valence-electron chi connectivity index (χ0n) is 20.0. The molecule has 0 unspecified atom stereocenters. The SMILES string of the molecule is CCOc1ccccc1NC(=O)COc1ccc(/C=C2\SC(=S)N(c3ccc(Cl)cc3)C2=O)cc1OC. The molecule has 1 N–H and O–H groups in total. The minimum Gasteiger partial charge on any atom is -0.493 e. The first-order valence-electron chi connectivity index (χ1n) is 11.3. The van der Waals surface area contributed by atoms with Gasteiger partial charge in [0.25, 0.3) is 11.8 Å². The van der Waals surface area contributed by atoms with Crippen molar-refractivity contribution < 1.29 is 23.8 Å². The minimum absolute atomic E-state index is 0.222. The van der Waals surface area contributed by atoms with Crippen molar-refractivity contribution in [3.05, 3.63) is 82.2 Å². The number of thiocarbonyl (C=S) groups is 1. The van der Waals surface area contributed by atoms with Crippen molar-refractivity contribution in [3.63, 3.8) is 0 Å². The highest BCUT2D eigenvalue weighted by Gasteiger charge is 2.33. The summed E-state index contributed by atoms with van der Waals surface area (Å²) < 4.78 is 17.1. The number of halogens is 1. The van der Waals surface area contributed by atoms with Gasteiger partial charge in [0.15, 0.2) is 22.4 Å². The number of carbonyl (C=O) groups is 2. The van der Waals surface area contributed by atoms with Crippen LogP contribution in [0.15, 0.2) is 71.6 Å².